The van der Waals surface area contributed by atoms with Gasteiger partial charge in [-0.15, -0.1) is 0 Å². The van der Waals surface area contributed by atoms with Gasteiger partial charge in [0.15, 0.2) is 6.61 Å². The summed E-state index contributed by atoms with van der Waals surface area (Å²) in [6.45, 7) is 0.595. The lowest BCUT2D eigenvalue weighted by molar-refractivity contribution is -0.123. The Morgan fingerprint density at radius 2 is 2.05 bits per heavy atom. The molecule has 0 saturated carbocycles. The number of ether oxygens (including phenoxy) is 1. The summed E-state index contributed by atoms with van der Waals surface area (Å²) < 4.78 is 6.71. The lowest BCUT2D eigenvalue weighted by Gasteiger charge is -2.08. The SMILES string of the molecule is O=C(COc1ccc(Cl)cc1)NCCn1cnccc1=O. The number of nitrogens with one attached hydrogen (secondary N) is 1. The van der Waals surface area contributed by atoms with Crippen LogP contribution in [0, 0.1) is 0 Å². The fourth-order valence-electron chi connectivity index (χ4n) is 1.59. The molecule has 0 radical (unpaired) electrons. The molecule has 2 aromatic rings. The van der Waals surface area contributed by atoms with Crippen LogP contribution in [0.25, 0.3) is 0 Å². The molecule has 0 aliphatic rings. The maximum atomic E-state index is 11.6. The van der Waals surface area contributed by atoms with E-state index in [1.165, 1.54) is 23.2 Å². The third-order valence-electron chi connectivity index (χ3n) is 2.65. The van der Waals surface area contributed by atoms with E-state index in [0.717, 1.165) is 0 Å². The molecule has 0 spiro atoms. The van der Waals surface area contributed by atoms with E-state index in [1.54, 1.807) is 24.3 Å². The molecule has 0 atom stereocenters. The van der Waals surface area contributed by atoms with Crippen LogP contribution in [0.2, 0.25) is 5.02 Å². The van der Waals surface area contributed by atoms with Crippen LogP contribution in [0.1, 0.15) is 0 Å². The number of halogens is 1. The maximum absolute atomic E-state index is 11.6. The van der Waals surface area contributed by atoms with Gasteiger partial charge in [-0.2, -0.15) is 0 Å². The zero-order chi connectivity index (χ0) is 15.1. The van der Waals surface area contributed by atoms with Crippen LogP contribution in [-0.4, -0.2) is 28.6 Å². The second kappa shape index (κ2) is 7.44. The van der Waals surface area contributed by atoms with Crippen LogP contribution >= 0.6 is 11.6 Å². The minimum absolute atomic E-state index is 0.0937. The summed E-state index contributed by atoms with van der Waals surface area (Å²) in [5, 5.41) is 3.27. The number of rotatable bonds is 6. The van der Waals surface area contributed by atoms with Crippen molar-refractivity contribution < 1.29 is 9.53 Å². The van der Waals surface area contributed by atoms with Crippen LogP contribution in [0.3, 0.4) is 0 Å². The van der Waals surface area contributed by atoms with Gasteiger partial charge >= 0.3 is 0 Å². The molecule has 2 rings (SSSR count). The van der Waals surface area contributed by atoms with Gasteiger partial charge < -0.3 is 10.1 Å². The van der Waals surface area contributed by atoms with E-state index in [4.69, 9.17) is 16.3 Å². The Hall–Kier alpha value is -2.34. The Labute approximate surface area is 126 Å². The largest absolute Gasteiger partial charge is 0.484 e. The lowest BCUT2D eigenvalue weighted by Crippen LogP contribution is -2.33. The predicted octanol–water partition coefficient (Wildman–Crippen LogP) is 1.09. The molecular formula is C14H14ClN3O3. The first-order valence-corrected chi connectivity index (χ1v) is 6.68. The van der Waals surface area contributed by atoms with E-state index in [0.29, 0.717) is 23.9 Å². The molecule has 7 heteroatoms. The molecule has 0 unspecified atom stereocenters. The average Bonchev–Trinajstić information content (AvgIpc) is 2.49. The minimum atomic E-state index is -0.262. The van der Waals surface area contributed by atoms with Crippen molar-refractivity contribution in [1.82, 2.24) is 14.9 Å². The molecule has 21 heavy (non-hydrogen) atoms. The number of benzene rings is 1. The first kappa shape index (κ1) is 15.1. The van der Waals surface area contributed by atoms with Crippen LogP contribution < -0.4 is 15.6 Å². The number of carbonyl (C=O) groups is 1. The minimum Gasteiger partial charge on any atom is -0.484 e. The lowest BCUT2D eigenvalue weighted by atomic mass is 10.3. The van der Waals surface area contributed by atoms with Gasteiger partial charge in [-0.1, -0.05) is 11.6 Å². The summed E-state index contributed by atoms with van der Waals surface area (Å²) in [6.07, 6.45) is 2.86. The highest BCUT2D eigenvalue weighted by Crippen LogP contribution is 2.15. The molecule has 0 saturated heterocycles. The van der Waals surface area contributed by atoms with Gasteiger partial charge in [-0.25, -0.2) is 4.98 Å². The number of nitrogens with zero attached hydrogens (tertiary/aromatic N) is 2. The number of amides is 1. The predicted molar refractivity (Wildman–Crippen MR) is 78.5 cm³/mol. The molecule has 0 bridgehead atoms. The fraction of sp³-hybridized carbons (Fsp3) is 0.214. The smallest absolute Gasteiger partial charge is 0.258 e. The Kier molecular flexibility index (Phi) is 5.34. The van der Waals surface area contributed by atoms with Gasteiger partial charge in [0.2, 0.25) is 0 Å². The van der Waals surface area contributed by atoms with Crippen molar-refractivity contribution in [2.45, 2.75) is 6.54 Å². The fourth-order valence-corrected chi connectivity index (χ4v) is 1.72. The number of carbonyl (C=O) groups excluding carboxylic acids is 1. The summed E-state index contributed by atoms with van der Waals surface area (Å²) >= 11 is 5.75. The topological polar surface area (TPSA) is 73.2 Å². The van der Waals surface area contributed by atoms with Gasteiger partial charge in [0, 0.05) is 30.4 Å². The first-order chi connectivity index (χ1) is 10.1. The second-order valence-electron chi connectivity index (χ2n) is 4.20. The Morgan fingerprint density at radius 1 is 1.29 bits per heavy atom. The number of aromatic nitrogens is 2. The summed E-state index contributed by atoms with van der Waals surface area (Å²) in [5.41, 5.74) is -0.156. The Balaban J connectivity index is 1.71. The van der Waals surface area contributed by atoms with Gasteiger partial charge in [0.1, 0.15) is 5.75 Å². The van der Waals surface area contributed by atoms with Gasteiger partial charge in [-0.3, -0.25) is 14.2 Å². The zero-order valence-corrected chi connectivity index (χ0v) is 11.9. The van der Waals surface area contributed by atoms with E-state index in [2.05, 4.69) is 10.3 Å². The third-order valence-corrected chi connectivity index (χ3v) is 2.90. The van der Waals surface area contributed by atoms with Crippen molar-refractivity contribution in [2.75, 3.05) is 13.2 Å². The second-order valence-corrected chi connectivity index (χ2v) is 4.64. The maximum Gasteiger partial charge on any atom is 0.258 e. The van der Waals surface area contributed by atoms with E-state index in [9.17, 15) is 9.59 Å². The molecule has 110 valence electrons. The molecule has 0 aliphatic carbocycles. The molecule has 1 heterocycles. The quantitative estimate of drug-likeness (QED) is 0.867. The Bertz CT molecular complexity index is 655. The van der Waals surface area contributed by atoms with Crippen LogP contribution in [-0.2, 0) is 11.3 Å². The number of hydrogen-bond acceptors (Lipinski definition) is 4. The molecule has 0 fully saturated rings. The van der Waals surface area contributed by atoms with Crippen LogP contribution in [0.5, 0.6) is 5.75 Å². The van der Waals surface area contributed by atoms with E-state index in [1.807, 2.05) is 0 Å². The number of hydrogen-bond donors (Lipinski definition) is 1. The molecule has 1 N–H and O–H groups in total. The van der Waals surface area contributed by atoms with E-state index in [-0.39, 0.29) is 18.1 Å². The van der Waals surface area contributed by atoms with Crippen molar-refractivity contribution in [3.8, 4) is 5.75 Å². The highest BCUT2D eigenvalue weighted by molar-refractivity contribution is 6.30. The van der Waals surface area contributed by atoms with Gasteiger partial charge in [0.25, 0.3) is 11.5 Å². The monoisotopic (exact) mass is 307 g/mol. The first-order valence-electron chi connectivity index (χ1n) is 6.30. The van der Waals surface area contributed by atoms with Crippen molar-refractivity contribution in [3.63, 3.8) is 0 Å². The van der Waals surface area contributed by atoms with Crippen LogP contribution in [0.15, 0.2) is 47.7 Å². The highest BCUT2D eigenvalue weighted by atomic mass is 35.5. The molecule has 6 nitrogen and oxygen atoms in total. The van der Waals surface area contributed by atoms with Crippen molar-refractivity contribution in [1.29, 1.82) is 0 Å². The molecule has 1 aromatic heterocycles. The summed E-state index contributed by atoms with van der Waals surface area (Å²) in [6, 6.07) is 8.11. The van der Waals surface area contributed by atoms with Gasteiger partial charge in [-0.05, 0) is 24.3 Å². The molecule has 0 aliphatic heterocycles. The third kappa shape index (κ3) is 4.92. The van der Waals surface area contributed by atoms with E-state index < -0.39 is 0 Å². The normalized spacial score (nSPS) is 10.1. The summed E-state index contributed by atoms with van der Waals surface area (Å²) in [7, 11) is 0. The van der Waals surface area contributed by atoms with Crippen molar-refractivity contribution >= 4 is 17.5 Å². The highest BCUT2D eigenvalue weighted by Gasteiger charge is 2.03. The zero-order valence-electron chi connectivity index (χ0n) is 11.2. The summed E-state index contributed by atoms with van der Waals surface area (Å²) in [5.74, 6) is 0.305. The van der Waals surface area contributed by atoms with Gasteiger partial charge in [0.05, 0.1) is 6.33 Å². The Morgan fingerprint density at radius 3 is 2.76 bits per heavy atom. The molecular weight excluding hydrogens is 294 g/mol. The average molecular weight is 308 g/mol. The van der Waals surface area contributed by atoms with E-state index >= 15 is 0 Å². The van der Waals surface area contributed by atoms with Crippen molar-refractivity contribution in [2.24, 2.45) is 0 Å². The van der Waals surface area contributed by atoms with Crippen LogP contribution in [0.4, 0.5) is 0 Å². The van der Waals surface area contributed by atoms with Crippen molar-refractivity contribution in [3.05, 3.63) is 58.2 Å². The molecule has 1 amide bonds. The molecule has 1 aromatic carbocycles. The summed E-state index contributed by atoms with van der Waals surface area (Å²) in [4.78, 5) is 26.8. The standard InChI is InChI=1S/C14H14ClN3O3/c15-11-1-3-12(4-2-11)21-9-13(19)17-7-8-18-10-16-6-5-14(18)20/h1-6,10H,7-9H2,(H,17,19).